The van der Waals surface area contributed by atoms with Gasteiger partial charge in [0.15, 0.2) is 0 Å². The van der Waals surface area contributed by atoms with E-state index in [1.807, 2.05) is 12.1 Å². The Balaban J connectivity index is 2.29. The lowest BCUT2D eigenvalue weighted by molar-refractivity contribution is 0.482. The molecule has 1 aromatic heterocycles. The number of hydrogen-bond donors (Lipinski definition) is 1. The molecule has 0 aliphatic rings. The fourth-order valence-electron chi connectivity index (χ4n) is 1.95. The molecule has 0 aliphatic heterocycles. The van der Waals surface area contributed by atoms with Gasteiger partial charge in [0.05, 0.1) is 0 Å². The SMILES string of the molecule is CCCCCCC(C)NCc1cccnc1C#N. The zero-order chi connectivity index (χ0) is 13.2. The summed E-state index contributed by atoms with van der Waals surface area (Å²) < 4.78 is 0. The van der Waals surface area contributed by atoms with Crippen LogP contribution in [-0.4, -0.2) is 11.0 Å². The predicted octanol–water partition coefficient (Wildman–Crippen LogP) is 3.40. The molecule has 3 heteroatoms. The van der Waals surface area contributed by atoms with Crippen LogP contribution >= 0.6 is 0 Å². The lowest BCUT2D eigenvalue weighted by Gasteiger charge is -2.13. The van der Waals surface area contributed by atoms with Crippen LogP contribution in [0.25, 0.3) is 0 Å². The monoisotopic (exact) mass is 245 g/mol. The van der Waals surface area contributed by atoms with Crippen LogP contribution in [0.15, 0.2) is 18.3 Å². The second-order valence-electron chi connectivity index (χ2n) is 4.75. The molecule has 0 aliphatic carbocycles. The number of unbranched alkanes of at least 4 members (excludes halogenated alkanes) is 3. The fourth-order valence-corrected chi connectivity index (χ4v) is 1.95. The maximum Gasteiger partial charge on any atom is 0.144 e. The third-order valence-electron chi connectivity index (χ3n) is 3.13. The van der Waals surface area contributed by atoms with Crippen molar-refractivity contribution in [1.82, 2.24) is 10.3 Å². The van der Waals surface area contributed by atoms with Crippen molar-refractivity contribution >= 4 is 0 Å². The van der Waals surface area contributed by atoms with Crippen molar-refractivity contribution in [1.29, 1.82) is 5.26 Å². The molecule has 0 fully saturated rings. The van der Waals surface area contributed by atoms with Crippen molar-refractivity contribution in [3.63, 3.8) is 0 Å². The van der Waals surface area contributed by atoms with E-state index in [0.717, 1.165) is 12.1 Å². The molecule has 3 nitrogen and oxygen atoms in total. The van der Waals surface area contributed by atoms with E-state index in [9.17, 15) is 0 Å². The molecule has 18 heavy (non-hydrogen) atoms. The van der Waals surface area contributed by atoms with Gasteiger partial charge in [-0.15, -0.1) is 0 Å². The largest absolute Gasteiger partial charge is 0.310 e. The number of nitrogens with zero attached hydrogens (tertiary/aromatic N) is 2. The van der Waals surface area contributed by atoms with Gasteiger partial charge >= 0.3 is 0 Å². The molecule has 1 heterocycles. The Bertz CT molecular complexity index is 382. The minimum absolute atomic E-state index is 0.494. The first-order valence-electron chi connectivity index (χ1n) is 6.85. The first-order valence-corrected chi connectivity index (χ1v) is 6.85. The van der Waals surface area contributed by atoms with Gasteiger partial charge in [0.2, 0.25) is 0 Å². The van der Waals surface area contributed by atoms with Gasteiger partial charge < -0.3 is 5.32 Å². The summed E-state index contributed by atoms with van der Waals surface area (Å²) in [6.45, 7) is 5.16. The molecule has 1 N–H and O–H groups in total. The Morgan fingerprint density at radius 2 is 2.22 bits per heavy atom. The van der Waals surface area contributed by atoms with E-state index in [2.05, 4.69) is 30.2 Å². The van der Waals surface area contributed by atoms with Crippen LogP contribution in [0.3, 0.4) is 0 Å². The Morgan fingerprint density at radius 1 is 1.39 bits per heavy atom. The number of rotatable bonds is 8. The van der Waals surface area contributed by atoms with Crippen molar-refractivity contribution in [2.24, 2.45) is 0 Å². The number of pyridine rings is 1. The van der Waals surface area contributed by atoms with E-state index in [4.69, 9.17) is 5.26 Å². The molecule has 1 unspecified atom stereocenters. The second kappa shape index (κ2) is 8.66. The minimum Gasteiger partial charge on any atom is -0.310 e. The molecular formula is C15H23N3. The molecule has 1 aromatic rings. The van der Waals surface area contributed by atoms with Crippen molar-refractivity contribution in [3.05, 3.63) is 29.6 Å². The van der Waals surface area contributed by atoms with Crippen molar-refractivity contribution in [3.8, 4) is 6.07 Å². The van der Waals surface area contributed by atoms with Gasteiger partial charge in [-0.3, -0.25) is 0 Å². The van der Waals surface area contributed by atoms with Gasteiger partial charge in [0.25, 0.3) is 0 Å². The number of hydrogen-bond acceptors (Lipinski definition) is 3. The van der Waals surface area contributed by atoms with Crippen molar-refractivity contribution in [2.45, 2.75) is 58.5 Å². The summed E-state index contributed by atoms with van der Waals surface area (Å²) in [5.41, 5.74) is 1.52. The predicted molar refractivity (Wildman–Crippen MR) is 74.0 cm³/mol. The quantitative estimate of drug-likeness (QED) is 0.714. The van der Waals surface area contributed by atoms with E-state index in [1.54, 1.807) is 6.20 Å². The highest BCUT2D eigenvalue weighted by molar-refractivity contribution is 5.30. The third kappa shape index (κ3) is 5.29. The average Bonchev–Trinajstić information content (AvgIpc) is 2.41. The first kappa shape index (κ1) is 14.7. The van der Waals surface area contributed by atoms with Gasteiger partial charge in [-0.1, -0.05) is 38.7 Å². The zero-order valence-corrected chi connectivity index (χ0v) is 11.4. The maximum atomic E-state index is 8.94. The first-order chi connectivity index (χ1) is 8.77. The number of nitriles is 1. The third-order valence-corrected chi connectivity index (χ3v) is 3.13. The summed E-state index contributed by atoms with van der Waals surface area (Å²) in [6, 6.07) is 6.46. The molecule has 1 rings (SSSR count). The average molecular weight is 245 g/mol. The molecule has 0 saturated carbocycles. The molecule has 1 atom stereocenters. The molecule has 0 radical (unpaired) electrons. The molecule has 0 bridgehead atoms. The van der Waals surface area contributed by atoms with Crippen LogP contribution in [0.4, 0.5) is 0 Å². The fraction of sp³-hybridized carbons (Fsp3) is 0.600. The van der Waals surface area contributed by atoms with Gasteiger partial charge in [0, 0.05) is 24.3 Å². The zero-order valence-electron chi connectivity index (χ0n) is 11.4. The summed E-state index contributed by atoms with van der Waals surface area (Å²) >= 11 is 0. The minimum atomic E-state index is 0.494. The summed E-state index contributed by atoms with van der Waals surface area (Å²) in [7, 11) is 0. The van der Waals surface area contributed by atoms with E-state index < -0.39 is 0 Å². The van der Waals surface area contributed by atoms with E-state index in [-0.39, 0.29) is 0 Å². The topological polar surface area (TPSA) is 48.7 Å². The molecule has 98 valence electrons. The lowest BCUT2D eigenvalue weighted by Crippen LogP contribution is -2.25. The van der Waals surface area contributed by atoms with Crippen LogP contribution in [0, 0.1) is 11.3 Å². The van der Waals surface area contributed by atoms with Crippen LogP contribution in [0.1, 0.15) is 57.2 Å². The van der Waals surface area contributed by atoms with Crippen LogP contribution < -0.4 is 5.32 Å². The van der Waals surface area contributed by atoms with E-state index in [0.29, 0.717) is 11.7 Å². The molecule has 0 amide bonds. The number of nitrogens with one attached hydrogen (secondary N) is 1. The Morgan fingerprint density at radius 3 is 2.94 bits per heavy atom. The molecule has 0 spiro atoms. The highest BCUT2D eigenvalue weighted by Crippen LogP contribution is 2.07. The van der Waals surface area contributed by atoms with E-state index >= 15 is 0 Å². The van der Waals surface area contributed by atoms with Gasteiger partial charge in [-0.05, 0) is 19.4 Å². The summed E-state index contributed by atoms with van der Waals surface area (Å²) in [4.78, 5) is 4.06. The standard InChI is InChI=1S/C15H23N3/c1-3-4-5-6-8-13(2)18-12-14-9-7-10-17-15(14)11-16/h7,9-10,13,18H,3-6,8,12H2,1-2H3. The van der Waals surface area contributed by atoms with Crippen molar-refractivity contribution in [2.75, 3.05) is 0 Å². The highest BCUT2D eigenvalue weighted by Gasteiger charge is 2.05. The Kier molecular flexibility index (Phi) is 7.05. The molecular weight excluding hydrogens is 222 g/mol. The Hall–Kier alpha value is -1.40. The Labute approximate surface area is 110 Å². The number of aromatic nitrogens is 1. The van der Waals surface area contributed by atoms with Gasteiger partial charge in [-0.2, -0.15) is 5.26 Å². The molecule has 0 aromatic carbocycles. The molecule has 0 saturated heterocycles. The van der Waals surface area contributed by atoms with Crippen LogP contribution in [0.5, 0.6) is 0 Å². The van der Waals surface area contributed by atoms with E-state index in [1.165, 1.54) is 32.1 Å². The second-order valence-corrected chi connectivity index (χ2v) is 4.75. The highest BCUT2D eigenvalue weighted by atomic mass is 14.9. The summed E-state index contributed by atoms with van der Waals surface area (Å²) in [6.07, 6.45) is 8.06. The normalized spacial score (nSPS) is 12.1. The lowest BCUT2D eigenvalue weighted by atomic mass is 10.1. The van der Waals surface area contributed by atoms with Crippen LogP contribution in [-0.2, 0) is 6.54 Å². The summed E-state index contributed by atoms with van der Waals surface area (Å²) in [5.74, 6) is 0. The van der Waals surface area contributed by atoms with Gasteiger partial charge in [-0.25, -0.2) is 4.98 Å². The van der Waals surface area contributed by atoms with Gasteiger partial charge in [0.1, 0.15) is 11.8 Å². The van der Waals surface area contributed by atoms with Crippen LogP contribution in [0.2, 0.25) is 0 Å². The summed E-state index contributed by atoms with van der Waals surface area (Å²) in [5, 5.41) is 12.4. The smallest absolute Gasteiger partial charge is 0.144 e. The maximum absolute atomic E-state index is 8.94. The van der Waals surface area contributed by atoms with Crippen molar-refractivity contribution < 1.29 is 0 Å².